The molecule has 0 fully saturated rings. The Morgan fingerprint density at radius 1 is 1.07 bits per heavy atom. The second-order valence-electron chi connectivity index (χ2n) is 6.59. The first-order valence-corrected chi connectivity index (χ1v) is 8.57. The molecule has 1 N–H and O–H groups in total. The van der Waals surface area contributed by atoms with E-state index in [2.05, 4.69) is 0 Å². The molecular weight excluding hydrogens is 345 g/mol. The molecule has 4 aromatic rings. The number of halogens is 1. The zero-order valence-corrected chi connectivity index (χ0v) is 15.0. The van der Waals surface area contributed by atoms with E-state index in [1.54, 1.807) is 24.3 Å². The predicted molar refractivity (Wildman–Crippen MR) is 103 cm³/mol. The van der Waals surface area contributed by atoms with Crippen LogP contribution in [0.15, 0.2) is 54.6 Å². The van der Waals surface area contributed by atoms with Crippen LogP contribution in [0.25, 0.3) is 21.8 Å². The predicted octanol–water partition coefficient (Wildman–Crippen LogP) is 4.78. The first-order chi connectivity index (χ1) is 13.0. The van der Waals surface area contributed by atoms with Crippen LogP contribution in [0.2, 0.25) is 0 Å². The molecule has 0 aliphatic heterocycles. The SMILES string of the molecule is COC(=O)c1cccc2c1c1c(O)cc(C)cc1n2Cc1cccc(F)c1. The van der Waals surface area contributed by atoms with E-state index in [-0.39, 0.29) is 11.6 Å². The Kier molecular flexibility index (Phi) is 4.07. The molecule has 0 unspecified atom stereocenters. The lowest BCUT2D eigenvalue weighted by molar-refractivity contribution is 0.0603. The number of esters is 1. The van der Waals surface area contributed by atoms with Gasteiger partial charge in [-0.05, 0) is 54.4 Å². The molecule has 0 amide bonds. The van der Waals surface area contributed by atoms with Crippen LogP contribution in [-0.2, 0) is 11.3 Å². The molecule has 0 aliphatic carbocycles. The number of phenolic OH excluding ortho intramolecular Hbond substituents is 1. The van der Waals surface area contributed by atoms with Crippen molar-refractivity contribution in [2.75, 3.05) is 7.11 Å². The van der Waals surface area contributed by atoms with Crippen molar-refractivity contribution in [3.63, 3.8) is 0 Å². The van der Waals surface area contributed by atoms with Gasteiger partial charge >= 0.3 is 5.97 Å². The van der Waals surface area contributed by atoms with Crippen LogP contribution in [0.3, 0.4) is 0 Å². The number of nitrogens with zero attached hydrogens (tertiary/aromatic N) is 1. The van der Waals surface area contributed by atoms with Gasteiger partial charge in [0.15, 0.2) is 0 Å². The summed E-state index contributed by atoms with van der Waals surface area (Å²) >= 11 is 0. The molecule has 4 rings (SSSR count). The zero-order valence-electron chi connectivity index (χ0n) is 15.0. The summed E-state index contributed by atoms with van der Waals surface area (Å²) in [6.07, 6.45) is 0. The van der Waals surface area contributed by atoms with Crippen molar-refractivity contribution in [1.29, 1.82) is 0 Å². The number of carbonyl (C=O) groups excluding carboxylic acids is 1. The van der Waals surface area contributed by atoms with Gasteiger partial charge in [0.1, 0.15) is 11.6 Å². The number of methoxy groups -OCH3 is 1. The van der Waals surface area contributed by atoms with Gasteiger partial charge in [-0.15, -0.1) is 0 Å². The van der Waals surface area contributed by atoms with Crippen molar-refractivity contribution in [2.45, 2.75) is 13.5 Å². The summed E-state index contributed by atoms with van der Waals surface area (Å²) in [5.74, 6) is -0.669. The Bertz CT molecular complexity index is 1190. The van der Waals surface area contributed by atoms with Crippen molar-refractivity contribution in [2.24, 2.45) is 0 Å². The lowest BCUT2D eigenvalue weighted by Gasteiger charge is -2.09. The van der Waals surface area contributed by atoms with E-state index in [1.165, 1.54) is 19.2 Å². The molecule has 0 spiro atoms. The number of benzene rings is 3. The summed E-state index contributed by atoms with van der Waals surface area (Å²) in [5.41, 5.74) is 3.62. The number of aromatic nitrogens is 1. The molecule has 4 nitrogen and oxygen atoms in total. The van der Waals surface area contributed by atoms with E-state index < -0.39 is 5.97 Å². The van der Waals surface area contributed by atoms with Gasteiger partial charge in [-0.1, -0.05) is 18.2 Å². The third kappa shape index (κ3) is 2.81. The molecule has 27 heavy (non-hydrogen) atoms. The topological polar surface area (TPSA) is 51.5 Å². The van der Waals surface area contributed by atoms with Gasteiger partial charge < -0.3 is 14.4 Å². The summed E-state index contributed by atoms with van der Waals surface area (Å²) in [7, 11) is 1.33. The molecule has 0 saturated carbocycles. The molecule has 0 saturated heterocycles. The van der Waals surface area contributed by atoms with Gasteiger partial charge in [-0.2, -0.15) is 0 Å². The summed E-state index contributed by atoms with van der Waals surface area (Å²) in [6, 6.07) is 15.4. The van der Waals surface area contributed by atoms with E-state index in [4.69, 9.17) is 4.74 Å². The third-order valence-corrected chi connectivity index (χ3v) is 4.75. The van der Waals surface area contributed by atoms with Crippen molar-refractivity contribution in [3.05, 3.63) is 77.1 Å². The first kappa shape index (κ1) is 17.1. The fourth-order valence-electron chi connectivity index (χ4n) is 3.64. The van der Waals surface area contributed by atoms with Crippen LogP contribution in [-0.4, -0.2) is 22.8 Å². The maximum atomic E-state index is 13.7. The highest BCUT2D eigenvalue weighted by Gasteiger charge is 2.20. The minimum atomic E-state index is -0.467. The second-order valence-corrected chi connectivity index (χ2v) is 6.59. The Hall–Kier alpha value is -3.34. The molecule has 1 aromatic heterocycles. The van der Waals surface area contributed by atoms with Gasteiger partial charge in [-0.3, -0.25) is 0 Å². The van der Waals surface area contributed by atoms with E-state index in [0.717, 1.165) is 22.2 Å². The monoisotopic (exact) mass is 363 g/mol. The van der Waals surface area contributed by atoms with Crippen LogP contribution < -0.4 is 0 Å². The molecular formula is C22H18FNO3. The molecule has 0 bridgehead atoms. The Morgan fingerprint density at radius 3 is 2.59 bits per heavy atom. The van der Waals surface area contributed by atoms with E-state index >= 15 is 0 Å². The van der Waals surface area contributed by atoms with Gasteiger partial charge in [0.25, 0.3) is 0 Å². The Morgan fingerprint density at radius 2 is 1.85 bits per heavy atom. The van der Waals surface area contributed by atoms with Gasteiger partial charge in [0, 0.05) is 11.9 Å². The van der Waals surface area contributed by atoms with E-state index in [0.29, 0.717) is 22.9 Å². The van der Waals surface area contributed by atoms with Crippen molar-refractivity contribution in [3.8, 4) is 5.75 Å². The highest BCUT2D eigenvalue weighted by Crippen LogP contribution is 2.38. The van der Waals surface area contributed by atoms with E-state index in [1.807, 2.05) is 29.7 Å². The molecule has 3 aromatic carbocycles. The number of aryl methyl sites for hydroxylation is 1. The quantitative estimate of drug-likeness (QED) is 0.533. The number of carbonyl (C=O) groups is 1. The number of hydrogen-bond donors (Lipinski definition) is 1. The van der Waals surface area contributed by atoms with Crippen LogP contribution >= 0.6 is 0 Å². The van der Waals surface area contributed by atoms with Crippen molar-refractivity contribution >= 4 is 27.8 Å². The number of phenols is 1. The van der Waals surface area contributed by atoms with Crippen molar-refractivity contribution < 1.29 is 19.0 Å². The number of fused-ring (bicyclic) bond motifs is 3. The average Bonchev–Trinajstić information content (AvgIpc) is 2.95. The number of ether oxygens (including phenoxy) is 1. The summed E-state index contributed by atoms with van der Waals surface area (Å²) in [4.78, 5) is 12.3. The maximum absolute atomic E-state index is 13.7. The first-order valence-electron chi connectivity index (χ1n) is 8.57. The fourth-order valence-corrected chi connectivity index (χ4v) is 3.64. The minimum Gasteiger partial charge on any atom is -0.507 e. The van der Waals surface area contributed by atoms with Gasteiger partial charge in [-0.25, -0.2) is 9.18 Å². The molecule has 1 heterocycles. The summed E-state index contributed by atoms with van der Waals surface area (Å²) < 4.78 is 20.6. The summed E-state index contributed by atoms with van der Waals surface area (Å²) in [5, 5.41) is 11.9. The number of aromatic hydroxyl groups is 1. The smallest absolute Gasteiger partial charge is 0.338 e. The van der Waals surface area contributed by atoms with Crippen LogP contribution in [0.1, 0.15) is 21.5 Å². The second kappa shape index (κ2) is 6.43. The molecule has 136 valence electrons. The fraction of sp³-hybridized carbons (Fsp3) is 0.136. The number of rotatable bonds is 3. The largest absolute Gasteiger partial charge is 0.507 e. The highest BCUT2D eigenvalue weighted by molar-refractivity contribution is 6.19. The summed E-state index contributed by atoms with van der Waals surface area (Å²) in [6.45, 7) is 2.30. The molecule has 0 radical (unpaired) electrons. The lowest BCUT2D eigenvalue weighted by Crippen LogP contribution is -2.03. The maximum Gasteiger partial charge on any atom is 0.338 e. The number of hydrogen-bond acceptors (Lipinski definition) is 3. The van der Waals surface area contributed by atoms with Crippen LogP contribution in [0.4, 0.5) is 4.39 Å². The van der Waals surface area contributed by atoms with Gasteiger partial charge in [0.05, 0.1) is 29.1 Å². The van der Waals surface area contributed by atoms with Gasteiger partial charge in [0.2, 0.25) is 0 Å². The molecule has 0 aliphatic rings. The molecule has 5 heteroatoms. The molecule has 0 atom stereocenters. The average molecular weight is 363 g/mol. The lowest BCUT2D eigenvalue weighted by atomic mass is 10.0. The van der Waals surface area contributed by atoms with Crippen LogP contribution in [0, 0.1) is 12.7 Å². The third-order valence-electron chi connectivity index (χ3n) is 4.75. The van der Waals surface area contributed by atoms with Crippen LogP contribution in [0.5, 0.6) is 5.75 Å². The van der Waals surface area contributed by atoms with Crippen molar-refractivity contribution in [1.82, 2.24) is 4.57 Å². The Balaban J connectivity index is 2.09. The van der Waals surface area contributed by atoms with E-state index in [9.17, 15) is 14.3 Å². The zero-order chi connectivity index (χ0) is 19.1. The highest BCUT2D eigenvalue weighted by atomic mass is 19.1. The normalized spacial score (nSPS) is 11.2. The standard InChI is InChI=1S/C22H18FNO3/c1-13-9-18-21(19(25)10-13)20-16(22(26)27-2)7-4-8-17(20)24(18)12-14-5-3-6-15(23)11-14/h3-11,25H,12H2,1-2H3. The minimum absolute atomic E-state index is 0.101. The Labute approximate surface area is 155 Å².